The zero-order valence-corrected chi connectivity index (χ0v) is 14.2. The van der Waals surface area contributed by atoms with Gasteiger partial charge in [0.05, 0.1) is 18.2 Å². The number of nitrogens with zero attached hydrogens (tertiary/aromatic N) is 2. The molecule has 1 aliphatic heterocycles. The van der Waals surface area contributed by atoms with Gasteiger partial charge in [-0.25, -0.2) is 0 Å². The fourth-order valence-electron chi connectivity index (χ4n) is 2.71. The van der Waals surface area contributed by atoms with Crippen molar-refractivity contribution in [1.29, 1.82) is 0 Å². The molecule has 1 aromatic heterocycles. The molecule has 0 saturated carbocycles. The Kier molecular flexibility index (Phi) is 3.91. The molecule has 5 heteroatoms. The molecule has 0 aliphatic carbocycles. The maximum absolute atomic E-state index is 12.4. The van der Waals surface area contributed by atoms with E-state index in [9.17, 15) is 4.79 Å². The smallest absolute Gasteiger partial charge is 0.270 e. The SMILES string of the molecule is COc1cc(C)c(C=c2sc3n(c2=O)CCN=3)cc1C(C)C. The van der Waals surface area contributed by atoms with Gasteiger partial charge in [0.2, 0.25) is 0 Å². The fraction of sp³-hybridized carbons (Fsp3) is 0.412. The van der Waals surface area contributed by atoms with E-state index in [1.165, 1.54) is 11.3 Å². The van der Waals surface area contributed by atoms with Gasteiger partial charge < -0.3 is 4.74 Å². The lowest BCUT2D eigenvalue weighted by atomic mass is 9.96. The Morgan fingerprint density at radius 1 is 1.41 bits per heavy atom. The molecule has 116 valence electrons. The topological polar surface area (TPSA) is 43.6 Å². The van der Waals surface area contributed by atoms with Crippen LogP contribution in [0.1, 0.15) is 36.5 Å². The van der Waals surface area contributed by atoms with Crippen LogP contribution in [-0.4, -0.2) is 18.2 Å². The predicted octanol–water partition coefficient (Wildman–Crippen LogP) is 1.81. The quantitative estimate of drug-likeness (QED) is 0.867. The summed E-state index contributed by atoms with van der Waals surface area (Å²) >= 11 is 1.47. The highest BCUT2D eigenvalue weighted by atomic mass is 32.1. The Morgan fingerprint density at radius 2 is 2.18 bits per heavy atom. The third-order valence-corrected chi connectivity index (χ3v) is 5.03. The summed E-state index contributed by atoms with van der Waals surface area (Å²) in [4.78, 5) is 17.6. The van der Waals surface area contributed by atoms with Crippen LogP contribution >= 0.6 is 11.3 Å². The van der Waals surface area contributed by atoms with E-state index in [1.807, 2.05) is 19.1 Å². The van der Waals surface area contributed by atoms with Crippen LogP contribution in [0, 0.1) is 6.92 Å². The maximum Gasteiger partial charge on any atom is 0.270 e. The van der Waals surface area contributed by atoms with E-state index >= 15 is 0 Å². The van der Waals surface area contributed by atoms with Gasteiger partial charge in [0.1, 0.15) is 5.75 Å². The van der Waals surface area contributed by atoms with E-state index in [0.717, 1.165) is 38.3 Å². The van der Waals surface area contributed by atoms with Gasteiger partial charge in [-0.3, -0.25) is 14.4 Å². The van der Waals surface area contributed by atoms with E-state index in [1.54, 1.807) is 11.7 Å². The van der Waals surface area contributed by atoms with E-state index in [0.29, 0.717) is 12.5 Å². The second-order valence-electron chi connectivity index (χ2n) is 5.84. The molecule has 0 fully saturated rings. The lowest BCUT2D eigenvalue weighted by Gasteiger charge is -2.14. The summed E-state index contributed by atoms with van der Waals surface area (Å²) in [5, 5.41) is 0. The van der Waals surface area contributed by atoms with Crippen molar-refractivity contribution in [1.82, 2.24) is 4.57 Å². The van der Waals surface area contributed by atoms with Crippen LogP contribution < -0.4 is 19.6 Å². The summed E-state index contributed by atoms with van der Waals surface area (Å²) < 4.78 is 7.99. The molecule has 1 aromatic carbocycles. The summed E-state index contributed by atoms with van der Waals surface area (Å²) in [5.74, 6) is 1.28. The van der Waals surface area contributed by atoms with Crippen molar-refractivity contribution in [2.45, 2.75) is 33.2 Å². The molecule has 1 aliphatic rings. The molecule has 0 unspecified atom stereocenters. The molecule has 2 aromatic rings. The molecule has 2 heterocycles. The van der Waals surface area contributed by atoms with Crippen LogP contribution in [-0.2, 0) is 6.54 Å². The Bertz CT molecular complexity index is 891. The first-order valence-corrected chi connectivity index (χ1v) is 8.27. The molecule has 22 heavy (non-hydrogen) atoms. The number of ether oxygens (including phenoxy) is 1. The third kappa shape index (κ3) is 2.50. The first-order valence-electron chi connectivity index (χ1n) is 7.45. The van der Waals surface area contributed by atoms with E-state index in [2.05, 4.69) is 24.9 Å². The second kappa shape index (κ2) is 5.72. The Balaban J connectivity index is 2.19. The predicted molar refractivity (Wildman–Crippen MR) is 89.6 cm³/mol. The number of methoxy groups -OCH3 is 1. The lowest BCUT2D eigenvalue weighted by Crippen LogP contribution is -2.29. The minimum absolute atomic E-state index is 0.0718. The average Bonchev–Trinajstić information content (AvgIpc) is 3.04. The first kappa shape index (κ1) is 15.0. The van der Waals surface area contributed by atoms with Crippen LogP contribution in [0.3, 0.4) is 0 Å². The van der Waals surface area contributed by atoms with Gasteiger partial charge >= 0.3 is 0 Å². The Labute approximate surface area is 133 Å². The van der Waals surface area contributed by atoms with Gasteiger partial charge in [0.15, 0.2) is 4.80 Å². The minimum Gasteiger partial charge on any atom is -0.496 e. The van der Waals surface area contributed by atoms with Crippen molar-refractivity contribution >= 4 is 17.4 Å². The molecular formula is C17H20N2O2S. The van der Waals surface area contributed by atoms with Crippen molar-refractivity contribution in [3.8, 4) is 5.75 Å². The third-order valence-electron chi connectivity index (χ3n) is 3.99. The summed E-state index contributed by atoms with van der Waals surface area (Å²) in [6.45, 7) is 7.76. The molecule has 0 spiro atoms. The zero-order valence-electron chi connectivity index (χ0n) is 13.3. The first-order chi connectivity index (χ1) is 10.5. The highest BCUT2D eigenvalue weighted by Crippen LogP contribution is 2.29. The molecule has 0 N–H and O–H groups in total. The number of aryl methyl sites for hydroxylation is 1. The van der Waals surface area contributed by atoms with Crippen LogP contribution in [0.15, 0.2) is 21.9 Å². The molecule has 0 atom stereocenters. The van der Waals surface area contributed by atoms with Crippen LogP contribution in [0.2, 0.25) is 0 Å². The van der Waals surface area contributed by atoms with Crippen molar-refractivity contribution in [3.63, 3.8) is 0 Å². The van der Waals surface area contributed by atoms with Gasteiger partial charge in [0.25, 0.3) is 5.56 Å². The van der Waals surface area contributed by atoms with Crippen LogP contribution in [0.4, 0.5) is 0 Å². The van der Waals surface area contributed by atoms with Gasteiger partial charge in [-0.05, 0) is 47.7 Å². The highest BCUT2D eigenvalue weighted by Gasteiger charge is 2.12. The number of thiazole rings is 1. The number of hydrogen-bond donors (Lipinski definition) is 0. The van der Waals surface area contributed by atoms with E-state index in [-0.39, 0.29) is 5.56 Å². The van der Waals surface area contributed by atoms with E-state index < -0.39 is 0 Å². The van der Waals surface area contributed by atoms with Crippen molar-refractivity contribution in [2.24, 2.45) is 4.99 Å². The standard InChI is InChI=1S/C17H20N2O2S/c1-10(2)13-8-12(11(3)7-14(13)21-4)9-15-16(20)19-6-5-18-17(19)22-15/h7-10H,5-6H2,1-4H3. The van der Waals surface area contributed by atoms with Gasteiger partial charge in [-0.2, -0.15) is 0 Å². The Morgan fingerprint density at radius 3 is 2.82 bits per heavy atom. The number of fused-ring (bicyclic) bond motifs is 1. The van der Waals surface area contributed by atoms with Gasteiger partial charge in [-0.1, -0.05) is 25.2 Å². The molecule has 3 rings (SSSR count). The molecule has 0 radical (unpaired) electrons. The summed E-state index contributed by atoms with van der Waals surface area (Å²) in [6, 6.07) is 4.18. The van der Waals surface area contributed by atoms with Gasteiger partial charge in [0, 0.05) is 6.54 Å². The molecule has 0 bridgehead atoms. The van der Waals surface area contributed by atoms with Crippen molar-refractivity contribution < 1.29 is 4.74 Å². The van der Waals surface area contributed by atoms with Crippen molar-refractivity contribution in [2.75, 3.05) is 13.7 Å². The minimum atomic E-state index is 0.0718. The van der Waals surface area contributed by atoms with Gasteiger partial charge in [-0.15, -0.1) is 0 Å². The zero-order chi connectivity index (χ0) is 15.9. The fourth-order valence-corrected chi connectivity index (χ4v) is 3.73. The number of aromatic nitrogens is 1. The van der Waals surface area contributed by atoms with Crippen molar-refractivity contribution in [3.05, 3.63) is 48.5 Å². The second-order valence-corrected chi connectivity index (χ2v) is 6.85. The Hall–Kier alpha value is -1.88. The van der Waals surface area contributed by atoms with Crippen LogP contribution in [0.5, 0.6) is 5.75 Å². The number of rotatable bonds is 3. The maximum atomic E-state index is 12.4. The summed E-state index contributed by atoms with van der Waals surface area (Å²) in [5.41, 5.74) is 3.41. The molecular weight excluding hydrogens is 296 g/mol. The number of hydrogen-bond acceptors (Lipinski definition) is 4. The molecule has 0 saturated heterocycles. The normalized spacial score (nSPS) is 14.3. The number of benzene rings is 1. The molecule has 0 amide bonds. The largest absolute Gasteiger partial charge is 0.496 e. The average molecular weight is 316 g/mol. The summed E-state index contributed by atoms with van der Waals surface area (Å²) in [7, 11) is 1.70. The molecule has 4 nitrogen and oxygen atoms in total. The van der Waals surface area contributed by atoms with E-state index in [4.69, 9.17) is 4.74 Å². The highest BCUT2D eigenvalue weighted by molar-refractivity contribution is 7.07. The monoisotopic (exact) mass is 316 g/mol. The van der Waals surface area contributed by atoms with Crippen LogP contribution in [0.25, 0.3) is 6.08 Å². The summed E-state index contributed by atoms with van der Waals surface area (Å²) in [6.07, 6.45) is 1.98. The lowest BCUT2D eigenvalue weighted by molar-refractivity contribution is 0.407.